The first-order valence-electron chi connectivity index (χ1n) is 13.2. The van der Waals surface area contributed by atoms with E-state index in [-0.39, 0.29) is 88.1 Å². The fourth-order valence-electron chi connectivity index (χ4n) is 7.81. The summed E-state index contributed by atoms with van der Waals surface area (Å²) in [6.45, 7) is 10.7. The van der Waals surface area contributed by atoms with Crippen molar-refractivity contribution in [3.63, 3.8) is 0 Å². The van der Waals surface area contributed by atoms with Crippen LogP contribution in [0.2, 0.25) is 0 Å². The van der Waals surface area contributed by atoms with Crippen LogP contribution in [0.15, 0.2) is 11.6 Å². The summed E-state index contributed by atoms with van der Waals surface area (Å²) in [6, 6.07) is 0. The van der Waals surface area contributed by atoms with E-state index >= 15 is 0 Å². The number of ether oxygens (including phenoxy) is 4. The molecule has 0 heterocycles. The van der Waals surface area contributed by atoms with E-state index < -0.39 is 0 Å². The van der Waals surface area contributed by atoms with Crippen molar-refractivity contribution in [2.24, 2.45) is 34.0 Å². The van der Waals surface area contributed by atoms with Gasteiger partial charge in [0.25, 0.3) is 0 Å². The van der Waals surface area contributed by atoms with Crippen LogP contribution in [0.5, 0.6) is 0 Å². The summed E-state index contributed by atoms with van der Waals surface area (Å²) in [6.07, 6.45) is 5.42. The predicted octanol–water partition coefficient (Wildman–Crippen LogP) is 4.52. The quantitative estimate of drug-likeness (QED) is 0.187. The Kier molecular flexibility index (Phi) is 7.60. The Hall–Kier alpha value is -1.90. The highest BCUT2D eigenvalue weighted by Crippen LogP contribution is 2.74. The molecular formula is C28H39BrO8. The van der Waals surface area contributed by atoms with Gasteiger partial charge in [0.15, 0.2) is 0 Å². The molecule has 0 aromatic carbocycles. The van der Waals surface area contributed by atoms with Gasteiger partial charge in [-0.25, -0.2) is 0 Å². The van der Waals surface area contributed by atoms with Crippen molar-refractivity contribution in [1.29, 1.82) is 0 Å². The van der Waals surface area contributed by atoms with Gasteiger partial charge >= 0.3 is 23.9 Å². The summed E-state index contributed by atoms with van der Waals surface area (Å²) in [7, 11) is 0. The van der Waals surface area contributed by atoms with Crippen molar-refractivity contribution < 1.29 is 38.1 Å². The van der Waals surface area contributed by atoms with Crippen LogP contribution in [0.3, 0.4) is 0 Å². The molecule has 9 heteroatoms. The van der Waals surface area contributed by atoms with Gasteiger partial charge in [-0.1, -0.05) is 41.4 Å². The maximum absolute atomic E-state index is 12.2. The molecule has 0 radical (unpaired) electrons. The third kappa shape index (κ3) is 5.21. The zero-order chi connectivity index (χ0) is 27.3. The standard InChI is InChI=1S/C28H39BrO8/c1-15(30)34-13-25(29)26(5)8-7-20-19(10-26)22(36-17(3)32)9-24-27(20,6)12-23(37-18(4)33)21-11-28(21,24)14-35-16(2)31/h7,19,21-25H,8-14H2,1-6H3/t19-,21+,22-,23-,24+,25-,26+,27+,28-/m1/s1. The Labute approximate surface area is 227 Å². The third-order valence-electron chi connectivity index (χ3n) is 9.53. The van der Waals surface area contributed by atoms with Crippen molar-refractivity contribution in [3.05, 3.63) is 11.6 Å². The van der Waals surface area contributed by atoms with E-state index in [4.69, 9.17) is 18.9 Å². The van der Waals surface area contributed by atoms with E-state index in [1.165, 1.54) is 33.3 Å². The Balaban J connectivity index is 1.72. The number of carbonyl (C=O) groups excluding carboxylic acids is 4. The highest BCUT2D eigenvalue weighted by molar-refractivity contribution is 9.09. The SMILES string of the molecule is CC(=O)OC[C@@H](Br)[C@@]1(C)CC=C2[C@@H](C1)[C@H](OC(C)=O)C[C@@H]1[C@@]3(COC(C)=O)C[C@H]3[C@H](OC(C)=O)C[C@@]21C. The largest absolute Gasteiger partial charge is 0.465 e. The number of alkyl halides is 1. The first kappa shape index (κ1) is 28.1. The smallest absolute Gasteiger partial charge is 0.302 e. The average Bonchev–Trinajstić information content (AvgIpc) is 3.53. The number of hydrogen-bond acceptors (Lipinski definition) is 8. The van der Waals surface area contributed by atoms with Crippen LogP contribution < -0.4 is 0 Å². The molecule has 0 aromatic rings. The molecule has 9 atom stereocenters. The molecule has 4 rings (SSSR count). The van der Waals surface area contributed by atoms with Gasteiger partial charge in [0, 0.05) is 44.9 Å². The van der Waals surface area contributed by atoms with Crippen molar-refractivity contribution in [2.75, 3.05) is 13.2 Å². The van der Waals surface area contributed by atoms with E-state index in [2.05, 4.69) is 35.9 Å². The number of rotatable bonds is 7. The van der Waals surface area contributed by atoms with Gasteiger partial charge in [-0.3, -0.25) is 19.2 Å². The Morgan fingerprint density at radius 1 is 0.919 bits per heavy atom. The number of esters is 4. The fourth-order valence-corrected chi connectivity index (χ4v) is 8.32. The molecule has 0 saturated heterocycles. The molecule has 3 saturated carbocycles. The van der Waals surface area contributed by atoms with Crippen LogP contribution in [0.25, 0.3) is 0 Å². The molecule has 3 fully saturated rings. The van der Waals surface area contributed by atoms with Gasteiger partial charge < -0.3 is 18.9 Å². The van der Waals surface area contributed by atoms with Gasteiger partial charge in [0.05, 0.1) is 11.4 Å². The lowest BCUT2D eigenvalue weighted by Crippen LogP contribution is -2.56. The first-order chi connectivity index (χ1) is 17.2. The molecular weight excluding hydrogens is 544 g/mol. The predicted molar refractivity (Wildman–Crippen MR) is 137 cm³/mol. The molecule has 4 aliphatic rings. The molecule has 206 valence electrons. The summed E-state index contributed by atoms with van der Waals surface area (Å²) in [5.41, 5.74) is 0.418. The van der Waals surface area contributed by atoms with Crippen molar-refractivity contribution in [2.45, 2.75) is 90.7 Å². The highest BCUT2D eigenvalue weighted by atomic mass is 79.9. The fraction of sp³-hybridized carbons (Fsp3) is 0.786. The van der Waals surface area contributed by atoms with E-state index in [9.17, 15) is 19.2 Å². The van der Waals surface area contributed by atoms with E-state index in [0.29, 0.717) is 12.8 Å². The van der Waals surface area contributed by atoms with Gasteiger partial charge in [0.1, 0.15) is 18.8 Å². The van der Waals surface area contributed by atoms with Gasteiger partial charge in [-0.15, -0.1) is 0 Å². The lowest BCUT2D eigenvalue weighted by atomic mass is 9.48. The van der Waals surface area contributed by atoms with Crippen LogP contribution in [0.1, 0.15) is 73.6 Å². The van der Waals surface area contributed by atoms with E-state index in [1.54, 1.807) is 0 Å². The monoisotopic (exact) mass is 582 g/mol. The maximum atomic E-state index is 12.2. The van der Waals surface area contributed by atoms with Gasteiger partial charge in [-0.2, -0.15) is 0 Å². The van der Waals surface area contributed by atoms with Crippen LogP contribution in [-0.2, 0) is 38.1 Å². The summed E-state index contributed by atoms with van der Waals surface area (Å²) in [5, 5.41) is 0. The summed E-state index contributed by atoms with van der Waals surface area (Å²) in [5.74, 6) is -1.04. The zero-order valence-corrected chi connectivity index (χ0v) is 24.2. The van der Waals surface area contributed by atoms with Gasteiger partial charge in [0.2, 0.25) is 0 Å². The molecule has 0 unspecified atom stereocenters. The Bertz CT molecular complexity index is 1010. The zero-order valence-electron chi connectivity index (χ0n) is 22.6. The first-order valence-corrected chi connectivity index (χ1v) is 14.1. The number of hydrogen-bond donors (Lipinski definition) is 0. The third-order valence-corrected chi connectivity index (χ3v) is 10.9. The molecule has 0 amide bonds. The highest BCUT2D eigenvalue weighted by Gasteiger charge is 2.73. The van der Waals surface area contributed by atoms with Crippen molar-refractivity contribution in [3.8, 4) is 0 Å². The minimum Gasteiger partial charge on any atom is -0.465 e. The van der Waals surface area contributed by atoms with E-state index in [1.807, 2.05) is 0 Å². The molecule has 0 spiro atoms. The molecule has 4 aliphatic carbocycles. The molecule has 0 N–H and O–H groups in total. The second-order valence-electron chi connectivity index (χ2n) is 12.1. The normalized spacial score (nSPS) is 40.5. The Morgan fingerprint density at radius 3 is 2.14 bits per heavy atom. The molecule has 0 aliphatic heterocycles. The second kappa shape index (κ2) is 10.0. The average molecular weight is 584 g/mol. The lowest BCUT2D eigenvalue weighted by molar-refractivity contribution is -0.170. The Morgan fingerprint density at radius 2 is 1.54 bits per heavy atom. The second-order valence-corrected chi connectivity index (χ2v) is 13.2. The number of allylic oxidation sites excluding steroid dienone is 1. The van der Waals surface area contributed by atoms with Crippen LogP contribution in [0, 0.1) is 34.0 Å². The topological polar surface area (TPSA) is 105 Å². The lowest BCUT2D eigenvalue weighted by Gasteiger charge is -2.59. The van der Waals surface area contributed by atoms with Crippen molar-refractivity contribution in [1.82, 2.24) is 0 Å². The minimum absolute atomic E-state index is 0.0136. The summed E-state index contributed by atoms with van der Waals surface area (Å²) in [4.78, 5) is 47.4. The summed E-state index contributed by atoms with van der Waals surface area (Å²) < 4.78 is 22.7. The number of halogens is 1. The number of carbonyl (C=O) groups is 4. The summed E-state index contributed by atoms with van der Waals surface area (Å²) >= 11 is 3.77. The maximum Gasteiger partial charge on any atom is 0.302 e. The number of fused-ring (bicyclic) bond motifs is 5. The van der Waals surface area contributed by atoms with Crippen molar-refractivity contribution >= 4 is 39.8 Å². The van der Waals surface area contributed by atoms with Gasteiger partial charge in [-0.05, 0) is 48.9 Å². The van der Waals surface area contributed by atoms with Crippen LogP contribution >= 0.6 is 15.9 Å². The molecule has 0 aromatic heterocycles. The van der Waals surface area contributed by atoms with Crippen LogP contribution in [0.4, 0.5) is 0 Å². The van der Waals surface area contributed by atoms with E-state index in [0.717, 1.165) is 19.3 Å². The molecule has 8 nitrogen and oxygen atoms in total. The minimum atomic E-state index is -0.328. The molecule has 0 bridgehead atoms. The molecule has 37 heavy (non-hydrogen) atoms. The van der Waals surface area contributed by atoms with Crippen LogP contribution in [-0.4, -0.2) is 54.1 Å².